The molecule has 142 valence electrons. The number of hydrogen-bond donors (Lipinski definition) is 0. The molecule has 1 amide bonds. The van der Waals surface area contributed by atoms with Gasteiger partial charge in [0.15, 0.2) is 0 Å². The Hall–Kier alpha value is -2.41. The summed E-state index contributed by atoms with van der Waals surface area (Å²) in [5, 5.41) is 7.81. The molecule has 0 radical (unpaired) electrons. The number of hydrogen-bond acceptors (Lipinski definition) is 6. The Bertz CT molecular complexity index is 841. The van der Waals surface area contributed by atoms with E-state index in [1.807, 2.05) is 17.0 Å². The number of carbonyl (C=O) groups excluding carboxylic acids is 1. The zero-order valence-electron chi connectivity index (χ0n) is 15.7. The van der Waals surface area contributed by atoms with Crippen molar-refractivity contribution in [3.8, 4) is 5.75 Å². The molecule has 4 aliphatic rings. The SMILES string of the molecule is COc1ccc([C@@H]2CN(C(=O)c3nnc(C)o3)[C@@H]3C4CCN(CC4)[C@@H]32)cc1. The number of fused-ring (bicyclic) bond motifs is 2. The first kappa shape index (κ1) is 16.7. The molecule has 7 nitrogen and oxygen atoms in total. The molecule has 2 aromatic rings. The normalized spacial score (nSPS) is 31.8. The van der Waals surface area contributed by atoms with E-state index in [1.165, 1.54) is 5.56 Å². The van der Waals surface area contributed by atoms with Crippen LogP contribution in [-0.4, -0.2) is 64.7 Å². The molecule has 6 rings (SSSR count). The third-order valence-electron chi connectivity index (χ3n) is 6.51. The molecular formula is C20H24N4O3. The fourth-order valence-corrected chi connectivity index (χ4v) is 5.30. The van der Waals surface area contributed by atoms with Gasteiger partial charge < -0.3 is 14.1 Å². The average molecular weight is 368 g/mol. The molecule has 4 saturated heterocycles. The highest BCUT2D eigenvalue weighted by Gasteiger charge is 2.55. The van der Waals surface area contributed by atoms with E-state index in [4.69, 9.17) is 9.15 Å². The van der Waals surface area contributed by atoms with Crippen molar-refractivity contribution in [2.24, 2.45) is 5.92 Å². The number of benzene rings is 1. The van der Waals surface area contributed by atoms with Crippen molar-refractivity contribution in [2.75, 3.05) is 26.7 Å². The fraction of sp³-hybridized carbons (Fsp3) is 0.550. The molecule has 0 saturated carbocycles. The molecule has 0 aliphatic carbocycles. The summed E-state index contributed by atoms with van der Waals surface area (Å²) in [5.74, 6) is 2.10. The maximum Gasteiger partial charge on any atom is 0.311 e. The van der Waals surface area contributed by atoms with E-state index in [0.29, 0.717) is 24.4 Å². The Labute approximate surface area is 158 Å². The van der Waals surface area contributed by atoms with Gasteiger partial charge in [0.05, 0.1) is 13.2 Å². The van der Waals surface area contributed by atoms with E-state index >= 15 is 0 Å². The van der Waals surface area contributed by atoms with E-state index in [1.54, 1.807) is 14.0 Å². The Balaban J connectivity index is 1.50. The molecule has 3 atom stereocenters. The first-order chi connectivity index (χ1) is 13.2. The van der Waals surface area contributed by atoms with Crippen molar-refractivity contribution in [2.45, 2.75) is 37.8 Å². The topological polar surface area (TPSA) is 71.7 Å². The van der Waals surface area contributed by atoms with Crippen molar-refractivity contribution < 1.29 is 13.9 Å². The van der Waals surface area contributed by atoms with Crippen LogP contribution >= 0.6 is 0 Å². The number of amides is 1. The maximum atomic E-state index is 13.2. The highest BCUT2D eigenvalue weighted by atomic mass is 16.5. The molecule has 27 heavy (non-hydrogen) atoms. The van der Waals surface area contributed by atoms with Gasteiger partial charge in [-0.15, -0.1) is 10.2 Å². The second-order valence-electron chi connectivity index (χ2n) is 7.82. The van der Waals surface area contributed by atoms with E-state index < -0.39 is 0 Å². The van der Waals surface area contributed by atoms with Crippen molar-refractivity contribution in [3.05, 3.63) is 41.6 Å². The summed E-state index contributed by atoms with van der Waals surface area (Å²) in [4.78, 5) is 17.7. The van der Waals surface area contributed by atoms with Gasteiger partial charge in [-0.3, -0.25) is 9.69 Å². The molecule has 0 unspecified atom stereocenters. The zero-order chi connectivity index (χ0) is 18.5. The number of aryl methyl sites for hydroxylation is 1. The van der Waals surface area contributed by atoms with Gasteiger partial charge in [0, 0.05) is 25.4 Å². The molecular weight excluding hydrogens is 344 g/mol. The van der Waals surface area contributed by atoms with Crippen molar-refractivity contribution in [3.63, 3.8) is 0 Å². The molecule has 4 aliphatic heterocycles. The van der Waals surface area contributed by atoms with Crippen LogP contribution < -0.4 is 4.74 Å². The summed E-state index contributed by atoms with van der Waals surface area (Å²) in [7, 11) is 1.68. The van der Waals surface area contributed by atoms with Crippen molar-refractivity contribution >= 4 is 5.91 Å². The van der Waals surface area contributed by atoms with Gasteiger partial charge in [0.1, 0.15) is 5.75 Å². The lowest BCUT2D eigenvalue weighted by atomic mass is 9.75. The van der Waals surface area contributed by atoms with Gasteiger partial charge in [-0.05, 0) is 49.5 Å². The molecule has 5 heterocycles. The van der Waals surface area contributed by atoms with Gasteiger partial charge >= 0.3 is 11.8 Å². The lowest BCUT2D eigenvalue weighted by Gasteiger charge is -2.51. The van der Waals surface area contributed by atoms with Crippen LogP contribution in [0.2, 0.25) is 0 Å². The van der Waals surface area contributed by atoms with E-state index in [9.17, 15) is 4.79 Å². The number of aromatic nitrogens is 2. The number of piperidine rings is 3. The maximum absolute atomic E-state index is 13.2. The quantitative estimate of drug-likeness (QED) is 0.826. The highest BCUT2D eigenvalue weighted by molar-refractivity contribution is 5.90. The van der Waals surface area contributed by atoms with E-state index in [-0.39, 0.29) is 23.8 Å². The molecule has 2 bridgehead atoms. The van der Waals surface area contributed by atoms with Crippen LogP contribution in [0.3, 0.4) is 0 Å². The molecule has 1 aromatic heterocycles. The van der Waals surface area contributed by atoms with Gasteiger partial charge in [0.2, 0.25) is 5.89 Å². The van der Waals surface area contributed by atoms with Gasteiger partial charge in [-0.2, -0.15) is 0 Å². The van der Waals surface area contributed by atoms with Crippen LogP contribution in [0.1, 0.15) is 40.9 Å². The smallest absolute Gasteiger partial charge is 0.311 e. The van der Waals surface area contributed by atoms with Crippen molar-refractivity contribution in [1.82, 2.24) is 20.0 Å². The number of ether oxygens (including phenoxy) is 1. The second-order valence-corrected chi connectivity index (χ2v) is 7.82. The largest absolute Gasteiger partial charge is 0.497 e. The summed E-state index contributed by atoms with van der Waals surface area (Å²) in [6.45, 7) is 4.65. The molecule has 4 fully saturated rings. The minimum atomic E-state index is -0.129. The van der Waals surface area contributed by atoms with Crippen LogP contribution in [-0.2, 0) is 0 Å². The zero-order valence-corrected chi connectivity index (χ0v) is 15.7. The molecule has 0 N–H and O–H groups in total. The third-order valence-corrected chi connectivity index (χ3v) is 6.51. The number of rotatable bonds is 3. The summed E-state index contributed by atoms with van der Waals surface area (Å²) in [6.07, 6.45) is 2.31. The first-order valence-corrected chi connectivity index (χ1v) is 9.65. The summed E-state index contributed by atoms with van der Waals surface area (Å²) in [5.41, 5.74) is 1.26. The predicted molar refractivity (Wildman–Crippen MR) is 97.7 cm³/mol. The van der Waals surface area contributed by atoms with Crippen LogP contribution in [0.15, 0.2) is 28.7 Å². The number of methoxy groups -OCH3 is 1. The monoisotopic (exact) mass is 368 g/mol. The molecule has 0 spiro atoms. The second kappa shape index (κ2) is 6.34. The van der Waals surface area contributed by atoms with Crippen LogP contribution in [0.25, 0.3) is 0 Å². The average Bonchev–Trinajstić information content (AvgIpc) is 3.34. The molecule has 1 aromatic carbocycles. The van der Waals surface area contributed by atoms with Gasteiger partial charge in [-0.25, -0.2) is 0 Å². The van der Waals surface area contributed by atoms with Crippen LogP contribution in [0.4, 0.5) is 0 Å². The lowest BCUT2D eigenvalue weighted by molar-refractivity contribution is -0.00456. The first-order valence-electron chi connectivity index (χ1n) is 9.65. The van der Waals surface area contributed by atoms with Gasteiger partial charge in [-0.1, -0.05) is 12.1 Å². The highest BCUT2D eigenvalue weighted by Crippen LogP contribution is 2.47. The minimum Gasteiger partial charge on any atom is -0.497 e. The van der Waals surface area contributed by atoms with Crippen LogP contribution in [0, 0.1) is 12.8 Å². The summed E-state index contributed by atoms with van der Waals surface area (Å²) >= 11 is 0. The Kier molecular flexibility index (Phi) is 3.93. The number of carbonyl (C=O) groups is 1. The van der Waals surface area contributed by atoms with E-state index in [0.717, 1.165) is 31.7 Å². The number of likely N-dealkylation sites (tertiary alicyclic amines) is 1. The number of nitrogens with zero attached hydrogens (tertiary/aromatic N) is 4. The fourth-order valence-electron chi connectivity index (χ4n) is 5.30. The van der Waals surface area contributed by atoms with Crippen LogP contribution in [0.5, 0.6) is 5.75 Å². The van der Waals surface area contributed by atoms with Gasteiger partial charge in [0.25, 0.3) is 0 Å². The summed E-state index contributed by atoms with van der Waals surface area (Å²) < 4.78 is 10.7. The molecule has 7 heteroatoms. The standard InChI is InChI=1S/C20H24N4O3/c1-12-21-22-19(27-12)20(25)24-11-16(13-3-5-15(26-2)6-4-13)18-17(24)14-7-9-23(18)10-8-14/h3-6,14,16-18H,7-11H2,1-2H3/t16-,17+,18+/m0/s1. The Morgan fingerprint density at radius 2 is 1.89 bits per heavy atom. The Morgan fingerprint density at radius 3 is 2.52 bits per heavy atom. The minimum absolute atomic E-state index is 0.109. The lowest BCUT2D eigenvalue weighted by Crippen LogP contribution is -2.60. The third kappa shape index (κ3) is 2.64. The van der Waals surface area contributed by atoms with E-state index in [2.05, 4.69) is 27.2 Å². The van der Waals surface area contributed by atoms with Crippen molar-refractivity contribution in [1.29, 1.82) is 0 Å². The Morgan fingerprint density at radius 1 is 1.15 bits per heavy atom. The predicted octanol–water partition coefficient (Wildman–Crippen LogP) is 2.09. The summed E-state index contributed by atoms with van der Waals surface area (Å²) in [6, 6.07) is 8.86.